The number of anilines is 1. The maximum atomic E-state index is 13.5. The molecule has 1 aliphatic rings. The molecule has 142 valence electrons. The van der Waals surface area contributed by atoms with Crippen molar-refractivity contribution >= 4 is 35.6 Å². The topological polar surface area (TPSA) is 70.4 Å². The van der Waals surface area contributed by atoms with Crippen LogP contribution >= 0.6 is 24.0 Å². The lowest BCUT2D eigenvalue weighted by molar-refractivity contribution is 0.467. The highest BCUT2D eigenvalue weighted by molar-refractivity contribution is 14.0. The average molecular weight is 473 g/mol. The Morgan fingerprint density at radius 1 is 1.42 bits per heavy atom. The maximum Gasteiger partial charge on any atom is 0.191 e. The number of piperidine rings is 1. The number of halogens is 2. The zero-order valence-corrected chi connectivity index (χ0v) is 17.4. The molecule has 0 radical (unpaired) electrons. The Morgan fingerprint density at radius 2 is 2.27 bits per heavy atom. The number of nitrogens with one attached hydrogen (secondary N) is 2. The van der Waals surface area contributed by atoms with Crippen LogP contribution in [0.3, 0.4) is 0 Å². The van der Waals surface area contributed by atoms with Crippen LogP contribution in [0.2, 0.25) is 0 Å². The molecule has 0 amide bonds. The number of aliphatic imine (C=N–C) groups is 1. The summed E-state index contributed by atoms with van der Waals surface area (Å²) in [5.41, 5.74) is 0.925. The minimum atomic E-state index is -0.200. The third-order valence-electron chi connectivity index (χ3n) is 4.38. The van der Waals surface area contributed by atoms with Crippen LogP contribution in [-0.4, -0.2) is 46.9 Å². The Hall–Kier alpha value is -1.91. The van der Waals surface area contributed by atoms with Crippen LogP contribution in [0.25, 0.3) is 0 Å². The highest BCUT2D eigenvalue weighted by Gasteiger charge is 2.21. The summed E-state index contributed by atoms with van der Waals surface area (Å²) in [6.07, 6.45) is 3.64. The second-order valence-corrected chi connectivity index (χ2v) is 6.14. The molecule has 1 saturated heterocycles. The smallest absolute Gasteiger partial charge is 0.191 e. The fraction of sp³-hybridized carbons (Fsp3) is 0.471. The van der Waals surface area contributed by atoms with Crippen molar-refractivity contribution in [1.82, 2.24) is 25.4 Å². The quantitative estimate of drug-likeness (QED) is 0.404. The lowest BCUT2D eigenvalue weighted by atomic mass is 10.0. The number of hydrogen-bond donors (Lipinski definition) is 2. The van der Waals surface area contributed by atoms with E-state index in [-0.39, 0.29) is 35.8 Å². The van der Waals surface area contributed by atoms with Crippen LogP contribution in [-0.2, 0) is 13.6 Å². The number of guanidine groups is 1. The maximum absolute atomic E-state index is 13.5. The number of hydrogen-bond acceptors (Lipinski definition) is 4. The molecule has 1 aromatic heterocycles. The molecule has 3 rings (SSSR count). The zero-order valence-electron chi connectivity index (χ0n) is 15.0. The number of nitrogens with zero attached hydrogens (tertiary/aromatic N) is 5. The van der Waals surface area contributed by atoms with E-state index in [9.17, 15) is 4.39 Å². The Labute approximate surface area is 170 Å². The van der Waals surface area contributed by atoms with Crippen molar-refractivity contribution in [1.29, 1.82) is 0 Å². The molecule has 0 saturated carbocycles. The molecule has 1 unspecified atom stereocenters. The first-order valence-electron chi connectivity index (χ1n) is 8.46. The van der Waals surface area contributed by atoms with E-state index >= 15 is 0 Å². The van der Waals surface area contributed by atoms with Gasteiger partial charge < -0.3 is 15.5 Å². The van der Waals surface area contributed by atoms with Crippen molar-refractivity contribution in [3.8, 4) is 0 Å². The summed E-state index contributed by atoms with van der Waals surface area (Å²) < 4.78 is 15.2. The molecule has 0 spiro atoms. The largest absolute Gasteiger partial charge is 0.369 e. The van der Waals surface area contributed by atoms with E-state index in [0.717, 1.165) is 43.4 Å². The van der Waals surface area contributed by atoms with Gasteiger partial charge in [0.25, 0.3) is 0 Å². The van der Waals surface area contributed by atoms with Crippen LogP contribution in [0, 0.1) is 5.82 Å². The Bertz CT molecular complexity index is 733. The molecule has 7 nitrogen and oxygen atoms in total. The molecule has 2 heterocycles. The minimum Gasteiger partial charge on any atom is -0.369 e. The van der Waals surface area contributed by atoms with E-state index in [0.29, 0.717) is 6.54 Å². The fourth-order valence-electron chi connectivity index (χ4n) is 3.03. The van der Waals surface area contributed by atoms with Crippen molar-refractivity contribution in [2.75, 3.05) is 25.0 Å². The van der Waals surface area contributed by atoms with E-state index in [1.54, 1.807) is 23.9 Å². The Kier molecular flexibility index (Phi) is 7.61. The zero-order chi connectivity index (χ0) is 17.6. The summed E-state index contributed by atoms with van der Waals surface area (Å²) in [4.78, 5) is 10.7. The standard InChI is InChI=1S/C17H24FN7.HI/c1-19-17(20-10-16-21-12-22-24(16)2)23-14-6-4-8-25(11-14)15-7-3-5-13(18)9-15;/h3,5,7,9,12,14H,4,6,8,10-11H2,1-2H3,(H2,19,20,23);1H. The van der Waals surface area contributed by atoms with E-state index < -0.39 is 0 Å². The number of benzene rings is 1. The van der Waals surface area contributed by atoms with E-state index in [1.165, 1.54) is 12.4 Å². The van der Waals surface area contributed by atoms with Gasteiger partial charge in [-0.1, -0.05) is 6.07 Å². The van der Waals surface area contributed by atoms with Crippen molar-refractivity contribution in [2.24, 2.45) is 12.0 Å². The molecule has 26 heavy (non-hydrogen) atoms. The van der Waals surface area contributed by atoms with Gasteiger partial charge in [-0.05, 0) is 31.0 Å². The number of aryl methyl sites for hydroxylation is 1. The summed E-state index contributed by atoms with van der Waals surface area (Å²) >= 11 is 0. The summed E-state index contributed by atoms with van der Waals surface area (Å²) in [6, 6.07) is 7.02. The van der Waals surface area contributed by atoms with Crippen LogP contribution in [0.5, 0.6) is 0 Å². The van der Waals surface area contributed by atoms with Gasteiger partial charge in [0, 0.05) is 38.9 Å². The number of aromatic nitrogens is 3. The molecule has 0 aliphatic carbocycles. The summed E-state index contributed by atoms with van der Waals surface area (Å²) in [7, 11) is 3.61. The summed E-state index contributed by atoms with van der Waals surface area (Å²) in [6.45, 7) is 2.30. The predicted octanol–water partition coefficient (Wildman–Crippen LogP) is 1.91. The van der Waals surface area contributed by atoms with Crippen molar-refractivity contribution in [2.45, 2.75) is 25.4 Å². The van der Waals surface area contributed by atoms with Gasteiger partial charge in [-0.2, -0.15) is 5.10 Å². The van der Waals surface area contributed by atoms with Gasteiger partial charge in [0.1, 0.15) is 18.0 Å². The molecular formula is C17H25FIN7. The highest BCUT2D eigenvalue weighted by atomic mass is 127. The molecule has 1 aliphatic heterocycles. The molecule has 9 heteroatoms. The van der Waals surface area contributed by atoms with Gasteiger partial charge in [0.15, 0.2) is 5.96 Å². The van der Waals surface area contributed by atoms with Crippen LogP contribution in [0.1, 0.15) is 18.7 Å². The van der Waals surface area contributed by atoms with Crippen molar-refractivity contribution in [3.05, 3.63) is 42.2 Å². The SMILES string of the molecule is CN=C(NCc1ncnn1C)NC1CCCN(c2cccc(F)c2)C1.I. The summed E-state index contributed by atoms with van der Waals surface area (Å²) in [5.74, 6) is 1.37. The number of rotatable bonds is 4. The van der Waals surface area contributed by atoms with Gasteiger partial charge in [0.05, 0.1) is 6.54 Å². The first-order valence-corrected chi connectivity index (χ1v) is 8.46. The summed E-state index contributed by atoms with van der Waals surface area (Å²) in [5, 5.41) is 10.8. The second kappa shape index (κ2) is 9.70. The molecule has 2 N–H and O–H groups in total. The van der Waals surface area contributed by atoms with Gasteiger partial charge in [-0.25, -0.2) is 9.37 Å². The molecule has 0 bridgehead atoms. The van der Waals surface area contributed by atoms with Gasteiger partial charge in [0.2, 0.25) is 0 Å². The lowest BCUT2D eigenvalue weighted by Gasteiger charge is -2.35. The van der Waals surface area contributed by atoms with E-state index in [2.05, 4.69) is 30.6 Å². The molecular weight excluding hydrogens is 448 g/mol. The molecule has 1 atom stereocenters. The van der Waals surface area contributed by atoms with Gasteiger partial charge in [-0.3, -0.25) is 9.67 Å². The third-order valence-corrected chi connectivity index (χ3v) is 4.38. The Balaban J connectivity index is 0.00000243. The van der Waals surface area contributed by atoms with Crippen molar-refractivity contribution < 1.29 is 4.39 Å². The van der Waals surface area contributed by atoms with Crippen LogP contribution in [0.15, 0.2) is 35.6 Å². The molecule has 2 aromatic rings. The minimum absolute atomic E-state index is 0. The predicted molar refractivity (Wildman–Crippen MR) is 111 cm³/mol. The van der Waals surface area contributed by atoms with E-state index in [1.807, 2.05) is 13.1 Å². The first-order chi connectivity index (χ1) is 12.2. The lowest BCUT2D eigenvalue weighted by Crippen LogP contribution is -2.51. The normalized spacial score (nSPS) is 17.6. The molecule has 1 aromatic carbocycles. The Morgan fingerprint density at radius 3 is 2.96 bits per heavy atom. The van der Waals surface area contributed by atoms with Gasteiger partial charge in [-0.15, -0.1) is 24.0 Å². The second-order valence-electron chi connectivity index (χ2n) is 6.14. The van der Waals surface area contributed by atoms with Gasteiger partial charge >= 0.3 is 0 Å². The average Bonchev–Trinajstić information content (AvgIpc) is 3.04. The van der Waals surface area contributed by atoms with E-state index in [4.69, 9.17) is 0 Å². The highest BCUT2D eigenvalue weighted by Crippen LogP contribution is 2.20. The van der Waals surface area contributed by atoms with Crippen LogP contribution < -0.4 is 15.5 Å². The van der Waals surface area contributed by atoms with Crippen LogP contribution in [0.4, 0.5) is 10.1 Å². The monoisotopic (exact) mass is 473 g/mol. The van der Waals surface area contributed by atoms with Crippen molar-refractivity contribution in [3.63, 3.8) is 0 Å². The molecule has 1 fully saturated rings. The third kappa shape index (κ3) is 5.29. The fourth-order valence-corrected chi connectivity index (χ4v) is 3.03. The first kappa shape index (κ1) is 20.4.